The first-order valence-electron chi connectivity index (χ1n) is 12.0. The third kappa shape index (κ3) is 2.53. The minimum absolute atomic E-state index is 1.31. The molecule has 160 valence electrons. The Balaban J connectivity index is 1.68. The van der Waals surface area contributed by atoms with Gasteiger partial charge in [0.25, 0.3) is 0 Å². The minimum Gasteiger partial charge on any atom is -0.0623 e. The van der Waals surface area contributed by atoms with Crippen molar-refractivity contribution >= 4 is 50.4 Å². The van der Waals surface area contributed by atoms with Crippen molar-refractivity contribution in [3.8, 4) is 11.1 Å². The quantitative estimate of drug-likeness (QED) is 0.236. The van der Waals surface area contributed by atoms with Gasteiger partial charge in [-0.15, -0.1) is 0 Å². The van der Waals surface area contributed by atoms with Gasteiger partial charge in [0.1, 0.15) is 0 Å². The van der Waals surface area contributed by atoms with Gasteiger partial charge in [0.15, 0.2) is 8.07 Å². The Hall–Kier alpha value is -3.94. The lowest BCUT2D eigenvalue weighted by Crippen LogP contribution is -2.72. The Morgan fingerprint density at radius 2 is 1.06 bits per heavy atom. The summed E-state index contributed by atoms with van der Waals surface area (Å²) >= 11 is 0. The van der Waals surface area contributed by atoms with E-state index in [9.17, 15) is 0 Å². The summed E-state index contributed by atoms with van der Waals surface area (Å²) in [6, 6.07) is 47.8. The topological polar surface area (TPSA) is 0 Å². The fourth-order valence-electron chi connectivity index (χ4n) is 6.23. The zero-order valence-corrected chi connectivity index (χ0v) is 20.1. The predicted octanol–water partition coefficient (Wildman–Crippen LogP) is 5.66. The second-order valence-corrected chi connectivity index (χ2v) is 13.1. The molecule has 0 atom stereocenters. The molecule has 1 aliphatic heterocycles. The van der Waals surface area contributed by atoms with Crippen molar-refractivity contribution in [1.82, 2.24) is 0 Å². The maximum absolute atomic E-state index is 2.52. The number of rotatable bonds is 2. The van der Waals surface area contributed by atoms with Crippen molar-refractivity contribution in [2.24, 2.45) is 0 Å². The van der Waals surface area contributed by atoms with E-state index in [4.69, 9.17) is 0 Å². The first-order chi connectivity index (χ1) is 16.8. The Kier molecular flexibility index (Phi) is 4.18. The van der Waals surface area contributed by atoms with Gasteiger partial charge in [0.05, 0.1) is 0 Å². The number of hydrogen-bond acceptors (Lipinski definition) is 0. The number of aryl methyl sites for hydroxylation is 1. The molecule has 1 heteroatoms. The van der Waals surface area contributed by atoms with Crippen LogP contribution in [0.2, 0.25) is 0 Å². The lowest BCUT2D eigenvalue weighted by atomic mass is 9.94. The average Bonchev–Trinajstić information content (AvgIpc) is 3.19. The maximum Gasteiger partial charge on any atom is 0.180 e. The SMILES string of the molecule is Cc1c2ccccc2cc2cc3c(cc12)-c1ccccc1[Si]3(c1ccccc1)c1ccccc1. The van der Waals surface area contributed by atoms with Crippen LogP contribution in [0.1, 0.15) is 5.56 Å². The van der Waals surface area contributed by atoms with Crippen LogP contribution in [0.5, 0.6) is 0 Å². The lowest BCUT2D eigenvalue weighted by molar-refractivity contribution is 1.58. The highest BCUT2D eigenvalue weighted by Crippen LogP contribution is 2.35. The molecule has 1 aliphatic rings. The Bertz CT molecular complexity index is 1660. The minimum atomic E-state index is -2.43. The summed E-state index contributed by atoms with van der Waals surface area (Å²) in [5.74, 6) is 0. The summed E-state index contributed by atoms with van der Waals surface area (Å²) in [5, 5.41) is 11.3. The highest BCUT2D eigenvalue weighted by atomic mass is 28.3. The van der Waals surface area contributed by atoms with E-state index in [1.54, 1.807) is 0 Å². The van der Waals surface area contributed by atoms with Crippen LogP contribution in [-0.2, 0) is 0 Å². The highest BCUT2D eigenvalue weighted by Gasteiger charge is 2.48. The maximum atomic E-state index is 2.52. The molecule has 6 aromatic rings. The summed E-state index contributed by atoms with van der Waals surface area (Å²) in [4.78, 5) is 0. The Labute approximate surface area is 201 Å². The van der Waals surface area contributed by atoms with E-state index in [0.717, 1.165) is 0 Å². The Morgan fingerprint density at radius 1 is 0.441 bits per heavy atom. The molecule has 0 saturated carbocycles. The van der Waals surface area contributed by atoms with Crippen LogP contribution in [0, 0.1) is 6.92 Å². The van der Waals surface area contributed by atoms with Gasteiger partial charge >= 0.3 is 0 Å². The standard InChI is InChI=1S/C33H24Si/c1-23-28-17-9-8-12-24(28)20-25-21-33-31(22-30(23)25)29-18-10-11-19-32(29)34(33,26-13-4-2-5-14-26)27-15-6-3-7-16-27/h2-22H,1H3. The molecule has 0 aliphatic carbocycles. The van der Waals surface area contributed by atoms with Crippen LogP contribution in [0.25, 0.3) is 32.7 Å². The molecule has 7 rings (SSSR count). The van der Waals surface area contributed by atoms with Gasteiger partial charge in [-0.2, -0.15) is 0 Å². The van der Waals surface area contributed by atoms with Gasteiger partial charge in [-0.05, 0) is 78.0 Å². The van der Waals surface area contributed by atoms with Crippen LogP contribution in [0.4, 0.5) is 0 Å². The van der Waals surface area contributed by atoms with Crippen molar-refractivity contribution in [2.45, 2.75) is 6.92 Å². The Morgan fingerprint density at radius 3 is 1.79 bits per heavy atom. The van der Waals surface area contributed by atoms with Crippen molar-refractivity contribution in [2.75, 3.05) is 0 Å². The number of hydrogen-bond donors (Lipinski definition) is 0. The first kappa shape index (κ1) is 19.5. The highest BCUT2D eigenvalue weighted by molar-refractivity contribution is 7.22. The van der Waals surface area contributed by atoms with E-state index in [1.165, 1.54) is 59.0 Å². The van der Waals surface area contributed by atoms with Gasteiger partial charge in [-0.1, -0.05) is 115 Å². The van der Waals surface area contributed by atoms with Gasteiger partial charge in [-0.25, -0.2) is 0 Å². The monoisotopic (exact) mass is 448 g/mol. The van der Waals surface area contributed by atoms with Crippen LogP contribution >= 0.6 is 0 Å². The predicted molar refractivity (Wildman–Crippen MR) is 149 cm³/mol. The molecule has 0 saturated heterocycles. The molecular weight excluding hydrogens is 424 g/mol. The van der Waals surface area contributed by atoms with E-state index in [2.05, 4.69) is 134 Å². The van der Waals surface area contributed by atoms with Crippen LogP contribution in [-0.4, -0.2) is 8.07 Å². The molecular formula is C33H24Si. The summed E-state index contributed by atoms with van der Waals surface area (Å²) in [6.07, 6.45) is 0. The molecule has 0 amide bonds. The third-order valence-corrected chi connectivity index (χ3v) is 12.6. The molecule has 0 radical (unpaired) electrons. The molecule has 0 unspecified atom stereocenters. The number of benzene rings is 6. The van der Waals surface area contributed by atoms with Crippen molar-refractivity contribution in [3.05, 3.63) is 133 Å². The summed E-state index contributed by atoms with van der Waals surface area (Å²) in [5.41, 5.74) is 4.17. The molecule has 6 aromatic carbocycles. The summed E-state index contributed by atoms with van der Waals surface area (Å²) < 4.78 is 0. The molecule has 34 heavy (non-hydrogen) atoms. The van der Waals surface area contributed by atoms with Gasteiger partial charge in [0.2, 0.25) is 0 Å². The molecule has 0 N–H and O–H groups in total. The van der Waals surface area contributed by atoms with Gasteiger partial charge in [0, 0.05) is 0 Å². The fourth-order valence-corrected chi connectivity index (χ4v) is 11.4. The molecule has 0 nitrogen and oxygen atoms in total. The largest absolute Gasteiger partial charge is 0.180 e. The van der Waals surface area contributed by atoms with Crippen LogP contribution < -0.4 is 20.7 Å². The van der Waals surface area contributed by atoms with E-state index >= 15 is 0 Å². The summed E-state index contributed by atoms with van der Waals surface area (Å²) in [7, 11) is -2.43. The van der Waals surface area contributed by atoms with Crippen molar-refractivity contribution in [1.29, 1.82) is 0 Å². The number of fused-ring (bicyclic) bond motifs is 5. The molecule has 1 heterocycles. The van der Waals surface area contributed by atoms with Crippen molar-refractivity contribution < 1.29 is 0 Å². The fraction of sp³-hybridized carbons (Fsp3) is 0.0303. The smallest absolute Gasteiger partial charge is 0.0623 e. The van der Waals surface area contributed by atoms with E-state index in [-0.39, 0.29) is 0 Å². The first-order valence-corrected chi connectivity index (χ1v) is 14.0. The van der Waals surface area contributed by atoms with Crippen LogP contribution in [0.15, 0.2) is 127 Å². The zero-order valence-electron chi connectivity index (χ0n) is 19.1. The van der Waals surface area contributed by atoms with Gasteiger partial charge < -0.3 is 0 Å². The second kappa shape index (κ2) is 7.28. The molecule has 0 spiro atoms. The molecule has 0 fully saturated rings. The van der Waals surface area contributed by atoms with Crippen molar-refractivity contribution in [3.63, 3.8) is 0 Å². The van der Waals surface area contributed by atoms with Crippen LogP contribution in [0.3, 0.4) is 0 Å². The van der Waals surface area contributed by atoms with E-state index in [1.807, 2.05) is 0 Å². The molecule has 0 bridgehead atoms. The van der Waals surface area contributed by atoms with E-state index in [0.29, 0.717) is 0 Å². The summed E-state index contributed by atoms with van der Waals surface area (Å²) in [6.45, 7) is 2.27. The van der Waals surface area contributed by atoms with E-state index < -0.39 is 8.07 Å². The zero-order chi connectivity index (χ0) is 22.7. The molecule has 0 aromatic heterocycles. The lowest BCUT2D eigenvalue weighted by Gasteiger charge is -2.31. The third-order valence-electron chi connectivity index (χ3n) is 7.71. The average molecular weight is 449 g/mol. The van der Waals surface area contributed by atoms with Gasteiger partial charge in [-0.3, -0.25) is 0 Å². The second-order valence-electron chi connectivity index (χ2n) is 9.37. The normalized spacial score (nSPS) is 13.7.